The average Bonchev–Trinajstić information content (AvgIpc) is 2.92. The van der Waals surface area contributed by atoms with Crippen molar-refractivity contribution in [1.82, 2.24) is 25.5 Å². The van der Waals surface area contributed by atoms with Gasteiger partial charge in [0.1, 0.15) is 12.4 Å². The van der Waals surface area contributed by atoms with Crippen LogP contribution < -0.4 is 5.32 Å². The third kappa shape index (κ3) is 4.60. The Bertz CT molecular complexity index is 602. The number of tetrazole rings is 1. The highest BCUT2D eigenvalue weighted by Crippen LogP contribution is 2.14. The zero-order chi connectivity index (χ0) is 15.1. The molecule has 0 atom stereocenters. The van der Waals surface area contributed by atoms with Gasteiger partial charge in [0.05, 0.1) is 0 Å². The maximum Gasteiger partial charge on any atom is 0.243 e. The van der Waals surface area contributed by atoms with Gasteiger partial charge in [0, 0.05) is 25.8 Å². The van der Waals surface area contributed by atoms with E-state index in [4.69, 9.17) is 4.74 Å². The maximum atomic E-state index is 13.1. The Kier molecular flexibility index (Phi) is 5.33. The average molecular weight is 293 g/mol. The molecule has 0 fully saturated rings. The molecule has 0 aliphatic carbocycles. The second-order valence-corrected chi connectivity index (χ2v) is 4.35. The van der Waals surface area contributed by atoms with E-state index in [0.29, 0.717) is 18.7 Å². The van der Waals surface area contributed by atoms with Gasteiger partial charge >= 0.3 is 0 Å². The van der Waals surface area contributed by atoms with Crippen molar-refractivity contribution in [3.63, 3.8) is 0 Å². The molecule has 1 amide bonds. The summed E-state index contributed by atoms with van der Waals surface area (Å²) in [6.07, 6.45) is 0.738. The molecule has 8 heteroatoms. The van der Waals surface area contributed by atoms with Crippen LogP contribution in [0.4, 0.5) is 4.39 Å². The smallest absolute Gasteiger partial charge is 0.243 e. The van der Waals surface area contributed by atoms with Crippen LogP contribution in [0.25, 0.3) is 11.4 Å². The SMILES string of the molecule is COCCCNC(=O)Cn1nnc(-c2cccc(F)c2)n1. The first kappa shape index (κ1) is 15.0. The van der Waals surface area contributed by atoms with E-state index in [-0.39, 0.29) is 24.1 Å². The number of halogens is 1. The van der Waals surface area contributed by atoms with Crippen LogP contribution in [0.1, 0.15) is 6.42 Å². The second kappa shape index (κ2) is 7.44. The molecule has 1 aromatic carbocycles. The van der Waals surface area contributed by atoms with Gasteiger partial charge in [0.15, 0.2) is 0 Å². The molecule has 1 aromatic heterocycles. The number of carbonyl (C=O) groups is 1. The summed E-state index contributed by atoms with van der Waals surface area (Å²) in [7, 11) is 1.61. The summed E-state index contributed by atoms with van der Waals surface area (Å²) in [5.74, 6) is -0.310. The van der Waals surface area contributed by atoms with Gasteiger partial charge in [0.25, 0.3) is 0 Å². The number of ether oxygens (including phenoxy) is 1. The monoisotopic (exact) mass is 293 g/mol. The molecule has 0 aliphatic heterocycles. The van der Waals surface area contributed by atoms with E-state index in [1.165, 1.54) is 16.9 Å². The van der Waals surface area contributed by atoms with E-state index in [2.05, 4.69) is 20.7 Å². The molecule has 2 aromatic rings. The van der Waals surface area contributed by atoms with Crippen molar-refractivity contribution < 1.29 is 13.9 Å². The van der Waals surface area contributed by atoms with Crippen LogP contribution in [0.15, 0.2) is 24.3 Å². The van der Waals surface area contributed by atoms with Gasteiger partial charge in [-0.2, -0.15) is 4.80 Å². The van der Waals surface area contributed by atoms with Gasteiger partial charge < -0.3 is 10.1 Å². The third-order valence-corrected chi connectivity index (χ3v) is 2.67. The number of amides is 1. The van der Waals surface area contributed by atoms with Gasteiger partial charge in [-0.15, -0.1) is 10.2 Å². The van der Waals surface area contributed by atoms with Crippen molar-refractivity contribution in [2.24, 2.45) is 0 Å². The largest absolute Gasteiger partial charge is 0.385 e. The van der Waals surface area contributed by atoms with E-state index in [1.54, 1.807) is 19.2 Å². The van der Waals surface area contributed by atoms with Crippen LogP contribution >= 0.6 is 0 Å². The minimum absolute atomic E-state index is 0.0324. The zero-order valence-electron chi connectivity index (χ0n) is 11.6. The van der Waals surface area contributed by atoms with Crippen molar-refractivity contribution >= 4 is 5.91 Å². The normalized spacial score (nSPS) is 10.6. The molecule has 0 saturated carbocycles. The number of hydrogen-bond acceptors (Lipinski definition) is 5. The van der Waals surface area contributed by atoms with E-state index < -0.39 is 0 Å². The number of carbonyl (C=O) groups excluding carboxylic acids is 1. The highest BCUT2D eigenvalue weighted by atomic mass is 19.1. The fourth-order valence-corrected chi connectivity index (χ4v) is 1.68. The molecule has 112 valence electrons. The topological polar surface area (TPSA) is 81.9 Å². The molecule has 0 radical (unpaired) electrons. The van der Waals surface area contributed by atoms with Gasteiger partial charge in [-0.25, -0.2) is 4.39 Å². The number of nitrogens with one attached hydrogen (secondary N) is 1. The molecule has 0 bridgehead atoms. The minimum Gasteiger partial charge on any atom is -0.385 e. The molecule has 1 N–H and O–H groups in total. The minimum atomic E-state index is -0.375. The fourth-order valence-electron chi connectivity index (χ4n) is 1.68. The number of rotatable bonds is 7. The zero-order valence-corrected chi connectivity index (χ0v) is 11.6. The number of benzene rings is 1. The standard InChI is InChI=1S/C13H16FN5O2/c1-21-7-3-6-15-12(20)9-19-17-13(16-18-19)10-4-2-5-11(14)8-10/h2,4-5,8H,3,6-7,9H2,1H3,(H,15,20). The van der Waals surface area contributed by atoms with E-state index >= 15 is 0 Å². The summed E-state index contributed by atoms with van der Waals surface area (Å²) in [5, 5.41) is 14.3. The lowest BCUT2D eigenvalue weighted by Gasteiger charge is -2.03. The molecule has 2 rings (SSSR count). The van der Waals surface area contributed by atoms with E-state index in [0.717, 1.165) is 6.42 Å². The molecule has 1 heterocycles. The van der Waals surface area contributed by atoms with Crippen molar-refractivity contribution in [3.05, 3.63) is 30.1 Å². The lowest BCUT2D eigenvalue weighted by molar-refractivity contribution is -0.122. The van der Waals surface area contributed by atoms with Crippen LogP contribution in [-0.4, -0.2) is 46.4 Å². The van der Waals surface area contributed by atoms with Gasteiger partial charge in [-0.3, -0.25) is 4.79 Å². The summed E-state index contributed by atoms with van der Waals surface area (Å²) in [6, 6.07) is 5.89. The number of aromatic nitrogens is 4. The van der Waals surface area contributed by atoms with Crippen LogP contribution in [0.3, 0.4) is 0 Å². The van der Waals surface area contributed by atoms with Gasteiger partial charge in [-0.05, 0) is 23.8 Å². The predicted octanol–water partition coefficient (Wildman–Crippen LogP) is 0.632. The molecule has 0 aliphatic rings. The molecular formula is C13H16FN5O2. The van der Waals surface area contributed by atoms with Gasteiger partial charge in [0.2, 0.25) is 11.7 Å². The van der Waals surface area contributed by atoms with Crippen LogP contribution in [0.5, 0.6) is 0 Å². The highest BCUT2D eigenvalue weighted by molar-refractivity contribution is 5.75. The number of methoxy groups -OCH3 is 1. The summed E-state index contributed by atoms with van der Waals surface area (Å²) in [5.41, 5.74) is 0.516. The summed E-state index contributed by atoms with van der Waals surface area (Å²) in [6.45, 7) is 1.08. The molecule has 0 unspecified atom stereocenters. The maximum absolute atomic E-state index is 13.1. The van der Waals surface area contributed by atoms with E-state index in [1.807, 2.05) is 0 Å². The Morgan fingerprint density at radius 1 is 1.48 bits per heavy atom. The number of nitrogens with zero attached hydrogens (tertiary/aromatic N) is 4. The lowest BCUT2D eigenvalue weighted by Crippen LogP contribution is -2.29. The second-order valence-electron chi connectivity index (χ2n) is 4.35. The van der Waals surface area contributed by atoms with Crippen molar-refractivity contribution in [2.45, 2.75) is 13.0 Å². The van der Waals surface area contributed by atoms with Crippen molar-refractivity contribution in [2.75, 3.05) is 20.3 Å². The van der Waals surface area contributed by atoms with Crippen LogP contribution in [-0.2, 0) is 16.1 Å². The molecule has 0 saturated heterocycles. The Balaban J connectivity index is 1.90. The Morgan fingerprint density at radius 3 is 3.10 bits per heavy atom. The van der Waals surface area contributed by atoms with Crippen molar-refractivity contribution in [1.29, 1.82) is 0 Å². The molecule has 7 nitrogen and oxygen atoms in total. The summed E-state index contributed by atoms with van der Waals surface area (Å²) >= 11 is 0. The van der Waals surface area contributed by atoms with E-state index in [9.17, 15) is 9.18 Å². The molecule has 21 heavy (non-hydrogen) atoms. The Hall–Kier alpha value is -2.35. The van der Waals surface area contributed by atoms with Crippen LogP contribution in [0, 0.1) is 5.82 Å². The molecular weight excluding hydrogens is 277 g/mol. The van der Waals surface area contributed by atoms with Crippen molar-refractivity contribution in [3.8, 4) is 11.4 Å². The quantitative estimate of drug-likeness (QED) is 0.757. The third-order valence-electron chi connectivity index (χ3n) is 2.67. The highest BCUT2D eigenvalue weighted by Gasteiger charge is 2.09. The Morgan fingerprint density at radius 2 is 2.33 bits per heavy atom. The number of hydrogen-bond donors (Lipinski definition) is 1. The van der Waals surface area contributed by atoms with Gasteiger partial charge in [-0.1, -0.05) is 12.1 Å². The first-order valence-corrected chi connectivity index (χ1v) is 6.48. The summed E-state index contributed by atoms with van der Waals surface area (Å²) in [4.78, 5) is 12.8. The first-order chi connectivity index (χ1) is 10.2. The first-order valence-electron chi connectivity index (χ1n) is 6.48. The van der Waals surface area contributed by atoms with Crippen LogP contribution in [0.2, 0.25) is 0 Å². The predicted molar refractivity (Wildman–Crippen MR) is 72.7 cm³/mol. The lowest BCUT2D eigenvalue weighted by atomic mass is 10.2. The fraction of sp³-hybridized carbons (Fsp3) is 0.385. The Labute approximate surface area is 121 Å². The molecule has 0 spiro atoms. The summed E-state index contributed by atoms with van der Waals surface area (Å²) < 4.78 is 18.0.